The first-order valence-corrected chi connectivity index (χ1v) is 28.4. The highest BCUT2D eigenvalue weighted by Crippen LogP contribution is 2.35. The molecule has 2 amide bonds. The van der Waals surface area contributed by atoms with Gasteiger partial charge in [0.15, 0.2) is 0 Å². The van der Waals surface area contributed by atoms with E-state index >= 15 is 0 Å². The number of amides is 2. The number of carbonyl (C=O) groups is 6. The zero-order valence-electron chi connectivity index (χ0n) is 46.0. The van der Waals surface area contributed by atoms with Gasteiger partial charge in [-0.25, -0.2) is 14.4 Å². The van der Waals surface area contributed by atoms with E-state index in [1.807, 2.05) is 109 Å². The first kappa shape index (κ1) is 56.8. The summed E-state index contributed by atoms with van der Waals surface area (Å²) in [6.07, 6.45) is 15.4. The van der Waals surface area contributed by atoms with Gasteiger partial charge in [-0.3, -0.25) is 14.4 Å². The lowest BCUT2D eigenvalue weighted by Gasteiger charge is -2.29. The van der Waals surface area contributed by atoms with Crippen LogP contribution in [0.2, 0.25) is 0 Å². The van der Waals surface area contributed by atoms with Crippen molar-refractivity contribution >= 4 is 35.7 Å². The van der Waals surface area contributed by atoms with E-state index in [-0.39, 0.29) is 23.8 Å². The largest absolute Gasteiger partial charge is 0.479 e. The lowest BCUT2D eigenvalue weighted by Crippen LogP contribution is -2.56. The molecule has 12 rings (SSSR count). The number of fused-ring (bicyclic) bond motifs is 6. The molecule has 0 unspecified atom stereocenters. The molecule has 0 bridgehead atoms. The Labute approximate surface area is 468 Å². The van der Waals surface area contributed by atoms with Crippen molar-refractivity contribution in [2.75, 3.05) is 13.2 Å². The minimum atomic E-state index is -1.25. The Morgan fingerprint density at radius 2 is 0.725 bits per heavy atom. The Kier molecular flexibility index (Phi) is 17.8. The minimum absolute atomic E-state index is 0.172. The highest BCUT2D eigenvalue weighted by molar-refractivity contribution is 6.01. The molecule has 0 fully saturated rings. The predicted octanol–water partition coefficient (Wildman–Crippen LogP) is 9.62. The number of ether oxygens (including phenoxy) is 2. The van der Waals surface area contributed by atoms with Crippen LogP contribution in [0, 0.1) is 0 Å². The van der Waals surface area contributed by atoms with Crippen LogP contribution >= 0.6 is 0 Å². The summed E-state index contributed by atoms with van der Waals surface area (Å²) < 4.78 is 10.4. The van der Waals surface area contributed by atoms with Crippen LogP contribution in [0.3, 0.4) is 0 Å². The van der Waals surface area contributed by atoms with Crippen LogP contribution in [-0.2, 0) is 101 Å². The molecule has 0 spiro atoms. The zero-order valence-corrected chi connectivity index (χ0v) is 46.0. The second-order valence-electron chi connectivity index (χ2n) is 22.1. The molecule has 0 heterocycles. The number of hydrogen-bond acceptors (Lipinski definition) is 9. The predicted molar refractivity (Wildman–Crippen MR) is 306 cm³/mol. The SMILES string of the molecule is CCOC(=O)C1(N)Cc2ccccc2C1.CCOC(=O)C1(NC(=O)c2cccc3c2CCCC3)Cc2ccccc2C1.O=C(NC1(C(=O)O)Cc2ccccc2C1)c1cccc2c1CCCC2.O=C(O)c1cccc2c1CCCC2. The first-order valence-electron chi connectivity index (χ1n) is 28.4. The van der Waals surface area contributed by atoms with Crippen LogP contribution in [0.1, 0.15) is 150 Å². The van der Waals surface area contributed by atoms with Crippen LogP contribution in [0.25, 0.3) is 0 Å². The van der Waals surface area contributed by atoms with Gasteiger partial charge in [-0.2, -0.15) is 0 Å². The van der Waals surface area contributed by atoms with Crippen molar-refractivity contribution in [1.82, 2.24) is 10.6 Å². The first-order chi connectivity index (χ1) is 38.7. The number of aromatic carboxylic acids is 1. The van der Waals surface area contributed by atoms with Gasteiger partial charge < -0.3 is 36.1 Å². The summed E-state index contributed by atoms with van der Waals surface area (Å²) in [6.45, 7) is 4.27. The van der Waals surface area contributed by atoms with E-state index in [0.29, 0.717) is 68.4 Å². The van der Waals surface area contributed by atoms with Crippen molar-refractivity contribution in [2.24, 2.45) is 5.73 Å². The molecule has 6 aromatic carbocycles. The van der Waals surface area contributed by atoms with Gasteiger partial charge in [-0.15, -0.1) is 0 Å². The number of aliphatic carboxylic acids is 1. The number of carboxylic acid groups (broad SMARTS) is 2. The van der Waals surface area contributed by atoms with E-state index in [2.05, 4.69) is 22.8 Å². The monoisotopic (exact) mass is 1080 g/mol. The van der Waals surface area contributed by atoms with Crippen LogP contribution in [0.4, 0.5) is 0 Å². The molecular formula is C67H73N3O10. The van der Waals surface area contributed by atoms with Crippen LogP contribution in [0.15, 0.2) is 127 Å². The number of nitrogens with one attached hydrogen (secondary N) is 2. The molecule has 0 aliphatic heterocycles. The van der Waals surface area contributed by atoms with Crippen LogP contribution in [-0.4, -0.2) is 75.7 Å². The van der Waals surface area contributed by atoms with E-state index in [0.717, 1.165) is 114 Å². The Hall–Kier alpha value is -7.90. The molecule has 80 heavy (non-hydrogen) atoms. The minimum Gasteiger partial charge on any atom is -0.479 e. The highest BCUT2D eigenvalue weighted by Gasteiger charge is 2.48. The maximum atomic E-state index is 13.2. The zero-order chi connectivity index (χ0) is 56.4. The van der Waals surface area contributed by atoms with Crippen LogP contribution < -0.4 is 16.4 Å². The molecule has 13 heteroatoms. The number of hydrogen-bond donors (Lipinski definition) is 5. The van der Waals surface area contributed by atoms with Crippen molar-refractivity contribution in [3.05, 3.63) is 211 Å². The molecular weight excluding hydrogens is 1010 g/mol. The molecule has 0 aromatic heterocycles. The van der Waals surface area contributed by atoms with Crippen molar-refractivity contribution in [1.29, 1.82) is 0 Å². The summed E-state index contributed by atoms with van der Waals surface area (Å²) in [5.41, 5.74) is 18.3. The van der Waals surface area contributed by atoms with Gasteiger partial charge in [-0.1, -0.05) is 109 Å². The normalized spacial score (nSPS) is 16.8. The van der Waals surface area contributed by atoms with E-state index < -0.39 is 28.6 Å². The molecule has 416 valence electrons. The fourth-order valence-electron chi connectivity index (χ4n) is 12.7. The van der Waals surface area contributed by atoms with Gasteiger partial charge in [0.1, 0.15) is 16.6 Å². The van der Waals surface area contributed by atoms with Gasteiger partial charge in [-0.05, 0) is 176 Å². The summed E-state index contributed by atoms with van der Waals surface area (Å²) in [5, 5.41) is 24.7. The number of carbonyl (C=O) groups excluding carboxylic acids is 4. The molecule has 6 aromatic rings. The number of aryl methyl sites for hydroxylation is 3. The Bertz CT molecular complexity index is 3230. The lowest BCUT2D eigenvalue weighted by atomic mass is 9.87. The number of esters is 2. The van der Waals surface area contributed by atoms with E-state index in [9.17, 15) is 33.9 Å². The van der Waals surface area contributed by atoms with Gasteiger partial charge in [0.2, 0.25) is 0 Å². The summed E-state index contributed by atoms with van der Waals surface area (Å²) in [7, 11) is 0. The number of benzene rings is 6. The smallest absolute Gasteiger partial charge is 0.335 e. The molecule has 0 atom stereocenters. The van der Waals surface area contributed by atoms with Gasteiger partial charge in [0, 0.05) is 49.7 Å². The number of rotatable bonds is 10. The lowest BCUT2D eigenvalue weighted by molar-refractivity contribution is -0.150. The Morgan fingerprint density at radius 1 is 0.412 bits per heavy atom. The van der Waals surface area contributed by atoms with Crippen molar-refractivity contribution in [2.45, 2.75) is 146 Å². The van der Waals surface area contributed by atoms with Crippen molar-refractivity contribution in [3.8, 4) is 0 Å². The average Bonchev–Trinajstić information content (AvgIpc) is 4.22. The average molecular weight is 1080 g/mol. The second kappa shape index (κ2) is 25.0. The summed E-state index contributed by atoms with van der Waals surface area (Å²) >= 11 is 0. The fraction of sp³-hybridized carbons (Fsp3) is 0.373. The quantitative estimate of drug-likeness (QED) is 0.0815. The van der Waals surface area contributed by atoms with Crippen molar-refractivity contribution < 1.29 is 48.5 Å². The molecule has 6 aliphatic carbocycles. The molecule has 6 aliphatic rings. The standard InChI is InChI=1S/C23H25NO3.C21H21NO3.C12H15NO2.C11H12O2/c1-2-27-22(26)23(14-17-9-3-4-10-18(17)15-23)24-21(25)20-13-7-11-16-8-5-6-12-19(16)20;23-19(18-11-5-9-14-6-3-4-10-17(14)18)22-21(20(24)25)12-15-7-1-2-8-16(15)13-21;1-2-15-11(14)12(13)7-9-5-3-4-6-10(9)8-12;12-11(13)10-7-3-5-8-4-1-2-6-9(8)10/h3-4,7,9-11,13H,2,5-6,8,12,14-15H2,1H3,(H,24,25);1-2,5,7-9,11H,3-4,6,10,12-13H2,(H,22,23)(H,24,25);3-6H,2,7-8,13H2,1H3;3,5,7H,1-2,4,6H2,(H,12,13). The van der Waals surface area contributed by atoms with Gasteiger partial charge >= 0.3 is 23.9 Å². The third kappa shape index (κ3) is 12.4. The van der Waals surface area contributed by atoms with Gasteiger partial charge in [0.25, 0.3) is 11.8 Å². The molecule has 6 N–H and O–H groups in total. The third-order valence-corrected chi connectivity index (χ3v) is 16.7. The summed E-state index contributed by atoms with van der Waals surface area (Å²) in [6, 6.07) is 40.9. The molecule has 0 saturated carbocycles. The number of carboxylic acids is 2. The van der Waals surface area contributed by atoms with Crippen LogP contribution in [0.5, 0.6) is 0 Å². The maximum absolute atomic E-state index is 13.2. The molecule has 0 saturated heterocycles. The van der Waals surface area contributed by atoms with E-state index in [1.165, 1.54) is 29.5 Å². The second-order valence-corrected chi connectivity index (χ2v) is 22.1. The summed E-state index contributed by atoms with van der Waals surface area (Å²) in [4.78, 5) is 73.6. The van der Waals surface area contributed by atoms with E-state index in [1.54, 1.807) is 19.9 Å². The van der Waals surface area contributed by atoms with E-state index in [4.69, 9.17) is 20.3 Å². The van der Waals surface area contributed by atoms with Gasteiger partial charge in [0.05, 0.1) is 18.8 Å². The number of nitrogens with two attached hydrogens (primary N) is 1. The summed E-state index contributed by atoms with van der Waals surface area (Å²) in [5.74, 6) is -2.84. The Morgan fingerprint density at radius 3 is 1.10 bits per heavy atom. The Balaban J connectivity index is 0.000000135. The topological polar surface area (TPSA) is 211 Å². The third-order valence-electron chi connectivity index (χ3n) is 16.7. The highest BCUT2D eigenvalue weighted by atomic mass is 16.5. The van der Waals surface area contributed by atoms with Crippen molar-refractivity contribution in [3.63, 3.8) is 0 Å². The molecule has 13 nitrogen and oxygen atoms in total. The molecule has 0 radical (unpaired) electrons. The fourth-order valence-corrected chi connectivity index (χ4v) is 12.7. The maximum Gasteiger partial charge on any atom is 0.335 e.